The van der Waals surface area contributed by atoms with Crippen LogP contribution in [-0.4, -0.2) is 38.0 Å². The lowest BCUT2D eigenvalue weighted by Crippen LogP contribution is -2.36. The molecule has 1 rings (SSSR count). The van der Waals surface area contributed by atoms with Crippen LogP contribution in [0.1, 0.15) is 13.3 Å². The molecule has 0 aromatic rings. The second-order valence-corrected chi connectivity index (χ2v) is 3.35. The van der Waals surface area contributed by atoms with E-state index in [0.717, 1.165) is 13.1 Å². The number of hydrogen-bond acceptors (Lipinski definition) is 3. The molecule has 3 N–H and O–H groups in total. The number of carbonyl (C=O) groups is 2. The van der Waals surface area contributed by atoms with Crippen molar-refractivity contribution in [2.45, 2.75) is 13.3 Å². The molecular weight excluding hydrogens is 182 g/mol. The summed E-state index contributed by atoms with van der Waals surface area (Å²) in [7, 11) is 0. The number of rotatable bonds is 5. The van der Waals surface area contributed by atoms with Crippen LogP contribution in [0.25, 0.3) is 0 Å². The van der Waals surface area contributed by atoms with Gasteiger partial charge in [-0.3, -0.25) is 9.59 Å². The molecule has 5 heteroatoms. The highest BCUT2D eigenvalue weighted by Gasteiger charge is 2.27. The van der Waals surface area contributed by atoms with Gasteiger partial charge in [-0.15, -0.1) is 0 Å². The smallest absolute Gasteiger partial charge is 0.225 e. The maximum absolute atomic E-state index is 11.4. The Morgan fingerprint density at radius 2 is 2.36 bits per heavy atom. The van der Waals surface area contributed by atoms with Gasteiger partial charge in [-0.25, -0.2) is 0 Å². The van der Waals surface area contributed by atoms with E-state index in [1.807, 2.05) is 6.92 Å². The molecule has 0 radical (unpaired) electrons. The van der Waals surface area contributed by atoms with Crippen LogP contribution in [0.5, 0.6) is 0 Å². The van der Waals surface area contributed by atoms with Crippen molar-refractivity contribution in [2.24, 2.45) is 5.92 Å². The first-order chi connectivity index (χ1) is 6.74. The minimum absolute atomic E-state index is 0.0266. The molecule has 80 valence electrons. The lowest BCUT2D eigenvalue weighted by molar-refractivity contribution is -0.126. The summed E-state index contributed by atoms with van der Waals surface area (Å²) in [5.41, 5.74) is 0. The van der Waals surface area contributed by atoms with Gasteiger partial charge in [0.05, 0.1) is 5.92 Å². The van der Waals surface area contributed by atoms with E-state index in [2.05, 4.69) is 16.0 Å². The lowest BCUT2D eigenvalue weighted by atomic mass is 10.1. The largest absolute Gasteiger partial charge is 0.355 e. The van der Waals surface area contributed by atoms with Crippen molar-refractivity contribution < 1.29 is 9.59 Å². The molecule has 1 aliphatic heterocycles. The van der Waals surface area contributed by atoms with Crippen LogP contribution in [0.15, 0.2) is 0 Å². The Balaban J connectivity index is 2.12. The maximum Gasteiger partial charge on any atom is 0.225 e. The first-order valence-electron chi connectivity index (χ1n) is 4.99. The molecule has 14 heavy (non-hydrogen) atoms. The van der Waals surface area contributed by atoms with Crippen molar-refractivity contribution in [2.75, 3.05) is 26.2 Å². The van der Waals surface area contributed by atoms with Gasteiger partial charge in [0.15, 0.2) is 0 Å². The molecule has 0 aliphatic carbocycles. The Morgan fingerprint density at radius 1 is 1.57 bits per heavy atom. The fraction of sp³-hybridized carbons (Fsp3) is 0.778. The third-order valence-corrected chi connectivity index (χ3v) is 2.20. The van der Waals surface area contributed by atoms with E-state index in [0.29, 0.717) is 19.5 Å². The van der Waals surface area contributed by atoms with Crippen LogP contribution in [0.3, 0.4) is 0 Å². The Bertz CT molecular complexity index is 218. The van der Waals surface area contributed by atoms with Crippen LogP contribution in [0, 0.1) is 5.92 Å². The molecule has 1 heterocycles. The first kappa shape index (κ1) is 11.0. The Kier molecular flexibility index (Phi) is 4.39. The zero-order chi connectivity index (χ0) is 10.4. The van der Waals surface area contributed by atoms with Crippen LogP contribution in [-0.2, 0) is 9.59 Å². The molecule has 1 atom stereocenters. The first-order valence-corrected chi connectivity index (χ1v) is 4.99. The van der Waals surface area contributed by atoms with Gasteiger partial charge in [-0.2, -0.15) is 0 Å². The Hall–Kier alpha value is -1.10. The second-order valence-electron chi connectivity index (χ2n) is 3.35. The molecule has 0 bridgehead atoms. The molecule has 1 aliphatic rings. The summed E-state index contributed by atoms with van der Waals surface area (Å²) >= 11 is 0. The summed E-state index contributed by atoms with van der Waals surface area (Å²) in [6.07, 6.45) is 0.326. The zero-order valence-electron chi connectivity index (χ0n) is 8.43. The third-order valence-electron chi connectivity index (χ3n) is 2.20. The summed E-state index contributed by atoms with van der Waals surface area (Å²) in [5, 5.41) is 8.53. The van der Waals surface area contributed by atoms with E-state index in [9.17, 15) is 9.59 Å². The van der Waals surface area contributed by atoms with Crippen molar-refractivity contribution in [1.82, 2.24) is 16.0 Å². The summed E-state index contributed by atoms with van der Waals surface area (Å²) in [6.45, 7) is 4.79. The fourth-order valence-electron chi connectivity index (χ4n) is 1.39. The molecule has 0 aromatic heterocycles. The minimum atomic E-state index is -0.177. The van der Waals surface area contributed by atoms with Crippen LogP contribution >= 0.6 is 0 Å². The highest BCUT2D eigenvalue weighted by Crippen LogP contribution is 2.07. The molecule has 0 saturated carbocycles. The van der Waals surface area contributed by atoms with E-state index in [4.69, 9.17) is 0 Å². The third kappa shape index (κ3) is 3.33. The Labute approximate surface area is 83.6 Å². The number of hydrogen-bond donors (Lipinski definition) is 3. The van der Waals surface area contributed by atoms with Crippen molar-refractivity contribution in [3.63, 3.8) is 0 Å². The number of amides is 2. The average molecular weight is 199 g/mol. The lowest BCUT2D eigenvalue weighted by Gasteiger charge is -2.08. The summed E-state index contributed by atoms with van der Waals surface area (Å²) < 4.78 is 0. The molecule has 1 saturated heterocycles. The predicted octanol–water partition coefficient (Wildman–Crippen LogP) is -1.15. The van der Waals surface area contributed by atoms with Crippen LogP contribution in [0.2, 0.25) is 0 Å². The fourth-order valence-corrected chi connectivity index (χ4v) is 1.39. The van der Waals surface area contributed by atoms with Gasteiger partial charge >= 0.3 is 0 Å². The van der Waals surface area contributed by atoms with Gasteiger partial charge < -0.3 is 16.0 Å². The van der Waals surface area contributed by atoms with Crippen molar-refractivity contribution in [3.05, 3.63) is 0 Å². The SMILES string of the molecule is CCNCCNC(=O)C1CNC(=O)C1. The van der Waals surface area contributed by atoms with Gasteiger partial charge in [-0.1, -0.05) is 6.92 Å². The quantitative estimate of drug-likeness (QED) is 0.490. The van der Waals surface area contributed by atoms with E-state index in [1.165, 1.54) is 0 Å². The molecule has 5 nitrogen and oxygen atoms in total. The zero-order valence-corrected chi connectivity index (χ0v) is 8.43. The van der Waals surface area contributed by atoms with Crippen molar-refractivity contribution in [1.29, 1.82) is 0 Å². The average Bonchev–Trinajstić information content (AvgIpc) is 2.59. The normalized spacial score (nSPS) is 20.6. The van der Waals surface area contributed by atoms with Gasteiger partial charge in [0.25, 0.3) is 0 Å². The number of carbonyl (C=O) groups excluding carboxylic acids is 2. The standard InChI is InChI=1S/C9H17N3O2/c1-2-10-3-4-11-9(14)7-5-8(13)12-6-7/h7,10H,2-6H2,1H3,(H,11,14)(H,12,13). The summed E-state index contributed by atoms with van der Waals surface area (Å²) in [4.78, 5) is 22.3. The molecule has 0 spiro atoms. The predicted molar refractivity (Wildman–Crippen MR) is 52.7 cm³/mol. The summed E-state index contributed by atoms with van der Waals surface area (Å²) in [5.74, 6) is -0.234. The molecule has 1 unspecified atom stereocenters. The van der Waals surface area contributed by atoms with Gasteiger partial charge in [0, 0.05) is 26.1 Å². The van der Waals surface area contributed by atoms with E-state index in [1.54, 1.807) is 0 Å². The number of nitrogens with one attached hydrogen (secondary N) is 3. The highest BCUT2D eigenvalue weighted by atomic mass is 16.2. The Morgan fingerprint density at radius 3 is 2.93 bits per heavy atom. The maximum atomic E-state index is 11.4. The molecule has 2 amide bonds. The van der Waals surface area contributed by atoms with Crippen molar-refractivity contribution in [3.8, 4) is 0 Å². The van der Waals surface area contributed by atoms with Gasteiger partial charge in [0.1, 0.15) is 0 Å². The van der Waals surface area contributed by atoms with Crippen LogP contribution < -0.4 is 16.0 Å². The molecular formula is C9H17N3O2. The second kappa shape index (κ2) is 5.59. The van der Waals surface area contributed by atoms with Crippen molar-refractivity contribution >= 4 is 11.8 Å². The van der Waals surface area contributed by atoms with Gasteiger partial charge in [-0.05, 0) is 6.54 Å². The molecule has 0 aromatic carbocycles. The summed E-state index contributed by atoms with van der Waals surface area (Å²) in [6, 6.07) is 0. The monoisotopic (exact) mass is 199 g/mol. The van der Waals surface area contributed by atoms with E-state index in [-0.39, 0.29) is 17.7 Å². The highest BCUT2D eigenvalue weighted by molar-refractivity contribution is 5.89. The number of likely N-dealkylation sites (N-methyl/N-ethyl adjacent to an activating group) is 1. The minimum Gasteiger partial charge on any atom is -0.355 e. The van der Waals surface area contributed by atoms with Crippen LogP contribution in [0.4, 0.5) is 0 Å². The van der Waals surface area contributed by atoms with E-state index < -0.39 is 0 Å². The van der Waals surface area contributed by atoms with E-state index >= 15 is 0 Å². The van der Waals surface area contributed by atoms with Gasteiger partial charge in [0.2, 0.25) is 11.8 Å². The topological polar surface area (TPSA) is 70.2 Å². The molecule has 1 fully saturated rings.